The number of rotatable bonds is 5. The Bertz CT molecular complexity index is 169. The second kappa shape index (κ2) is 4.91. The Morgan fingerprint density at radius 3 is 3.09 bits per heavy atom. The van der Waals surface area contributed by atoms with Gasteiger partial charge >= 0.3 is 0 Å². The van der Waals surface area contributed by atoms with Crippen LogP contribution in [0.4, 0.5) is 0 Å². The van der Waals surface area contributed by atoms with Gasteiger partial charge < -0.3 is 10.3 Å². The molecule has 0 aliphatic rings. The van der Waals surface area contributed by atoms with Crippen molar-refractivity contribution in [2.45, 2.75) is 19.8 Å². The summed E-state index contributed by atoms with van der Waals surface area (Å²) in [6, 6.07) is 0. The highest BCUT2D eigenvalue weighted by molar-refractivity contribution is 4.94. The summed E-state index contributed by atoms with van der Waals surface area (Å²) in [5.74, 6) is 0. The van der Waals surface area contributed by atoms with E-state index in [1.807, 2.05) is 6.20 Å². The van der Waals surface area contributed by atoms with Crippen LogP contribution < -0.4 is 5.32 Å². The average molecular weight is 153 g/mol. The summed E-state index contributed by atoms with van der Waals surface area (Å²) < 4.78 is 0. The Morgan fingerprint density at radius 2 is 2.45 bits per heavy atom. The number of aromatic amines is 1. The predicted molar refractivity (Wildman–Crippen MR) is 45.5 cm³/mol. The molecule has 1 aromatic heterocycles. The van der Waals surface area contributed by atoms with Crippen LogP contribution in [-0.4, -0.2) is 23.1 Å². The standard InChI is InChI=1S/C8H15N3/c1-2-4-9-5-3-8-6-10-7-11-8/h6-7,9H,2-5H2,1H3,(H,10,11). The van der Waals surface area contributed by atoms with Crippen molar-refractivity contribution >= 4 is 0 Å². The van der Waals surface area contributed by atoms with E-state index in [2.05, 4.69) is 22.2 Å². The van der Waals surface area contributed by atoms with E-state index >= 15 is 0 Å². The zero-order valence-electron chi connectivity index (χ0n) is 6.93. The molecule has 0 aliphatic carbocycles. The van der Waals surface area contributed by atoms with Gasteiger partial charge in [0.2, 0.25) is 0 Å². The highest BCUT2D eigenvalue weighted by atomic mass is 14.9. The van der Waals surface area contributed by atoms with Gasteiger partial charge in [-0.05, 0) is 13.0 Å². The molecular weight excluding hydrogens is 138 g/mol. The lowest BCUT2D eigenvalue weighted by molar-refractivity contribution is 0.667. The van der Waals surface area contributed by atoms with Gasteiger partial charge in [-0.2, -0.15) is 0 Å². The van der Waals surface area contributed by atoms with Crippen LogP contribution >= 0.6 is 0 Å². The molecule has 0 amide bonds. The van der Waals surface area contributed by atoms with E-state index in [0.717, 1.165) is 19.5 Å². The van der Waals surface area contributed by atoms with Crippen LogP contribution in [0.3, 0.4) is 0 Å². The van der Waals surface area contributed by atoms with E-state index in [0.29, 0.717) is 0 Å². The Labute approximate surface area is 67.2 Å². The molecule has 1 heterocycles. The molecule has 1 rings (SSSR count). The molecule has 0 aliphatic heterocycles. The van der Waals surface area contributed by atoms with Gasteiger partial charge in [0.05, 0.1) is 6.33 Å². The van der Waals surface area contributed by atoms with Crippen LogP contribution in [-0.2, 0) is 6.42 Å². The van der Waals surface area contributed by atoms with Gasteiger partial charge in [0.15, 0.2) is 0 Å². The van der Waals surface area contributed by atoms with E-state index < -0.39 is 0 Å². The van der Waals surface area contributed by atoms with Crippen LogP contribution in [0.15, 0.2) is 12.5 Å². The van der Waals surface area contributed by atoms with Crippen LogP contribution in [0, 0.1) is 0 Å². The van der Waals surface area contributed by atoms with Gasteiger partial charge in [0.1, 0.15) is 0 Å². The van der Waals surface area contributed by atoms with Gasteiger partial charge in [-0.1, -0.05) is 6.92 Å². The topological polar surface area (TPSA) is 40.7 Å². The van der Waals surface area contributed by atoms with Gasteiger partial charge in [-0.25, -0.2) is 4.98 Å². The number of imidazole rings is 1. The Kier molecular flexibility index (Phi) is 3.69. The fourth-order valence-electron chi connectivity index (χ4n) is 0.946. The lowest BCUT2D eigenvalue weighted by Gasteiger charge is -1.99. The molecule has 0 aromatic carbocycles. The highest BCUT2D eigenvalue weighted by Crippen LogP contribution is 1.89. The lowest BCUT2D eigenvalue weighted by Crippen LogP contribution is -2.17. The summed E-state index contributed by atoms with van der Waals surface area (Å²) in [5.41, 5.74) is 1.20. The molecule has 1 aromatic rings. The Hall–Kier alpha value is -0.830. The maximum atomic E-state index is 3.94. The first kappa shape index (κ1) is 8.27. The summed E-state index contributed by atoms with van der Waals surface area (Å²) in [6.45, 7) is 4.31. The number of H-pyrrole nitrogens is 1. The second-order valence-corrected chi connectivity index (χ2v) is 2.58. The summed E-state index contributed by atoms with van der Waals surface area (Å²) in [7, 11) is 0. The predicted octanol–water partition coefficient (Wildman–Crippen LogP) is 0.952. The minimum atomic E-state index is 1.04. The zero-order valence-corrected chi connectivity index (χ0v) is 6.93. The summed E-state index contributed by atoms with van der Waals surface area (Å²) in [4.78, 5) is 7.00. The Balaban J connectivity index is 2.04. The third-order valence-corrected chi connectivity index (χ3v) is 1.55. The van der Waals surface area contributed by atoms with Crippen molar-refractivity contribution < 1.29 is 0 Å². The molecule has 0 unspecified atom stereocenters. The SMILES string of the molecule is CCCNCCc1cnc[nH]1. The van der Waals surface area contributed by atoms with Crippen molar-refractivity contribution in [3.8, 4) is 0 Å². The first-order valence-electron chi connectivity index (χ1n) is 4.11. The van der Waals surface area contributed by atoms with Crippen molar-refractivity contribution in [1.29, 1.82) is 0 Å². The summed E-state index contributed by atoms with van der Waals surface area (Å²) in [6.07, 6.45) is 5.83. The number of nitrogens with zero attached hydrogens (tertiary/aromatic N) is 1. The fourth-order valence-corrected chi connectivity index (χ4v) is 0.946. The van der Waals surface area contributed by atoms with E-state index in [-0.39, 0.29) is 0 Å². The average Bonchev–Trinajstić information content (AvgIpc) is 2.50. The molecule has 0 fully saturated rings. The van der Waals surface area contributed by atoms with Gasteiger partial charge in [0.25, 0.3) is 0 Å². The third kappa shape index (κ3) is 3.18. The van der Waals surface area contributed by atoms with E-state index in [9.17, 15) is 0 Å². The van der Waals surface area contributed by atoms with Crippen molar-refractivity contribution in [2.24, 2.45) is 0 Å². The molecule has 3 heteroatoms. The molecule has 0 atom stereocenters. The van der Waals surface area contributed by atoms with E-state index in [1.165, 1.54) is 12.1 Å². The minimum Gasteiger partial charge on any atom is -0.348 e. The molecule has 0 saturated carbocycles. The zero-order chi connectivity index (χ0) is 7.94. The smallest absolute Gasteiger partial charge is 0.0921 e. The first-order valence-corrected chi connectivity index (χ1v) is 4.11. The number of hydrogen-bond acceptors (Lipinski definition) is 2. The molecule has 3 nitrogen and oxygen atoms in total. The Morgan fingerprint density at radius 1 is 1.55 bits per heavy atom. The van der Waals surface area contributed by atoms with Crippen molar-refractivity contribution in [1.82, 2.24) is 15.3 Å². The summed E-state index contributed by atoms with van der Waals surface area (Å²) >= 11 is 0. The number of hydrogen-bond donors (Lipinski definition) is 2. The van der Waals surface area contributed by atoms with Crippen LogP contribution in [0.5, 0.6) is 0 Å². The molecule has 0 radical (unpaired) electrons. The molecule has 0 bridgehead atoms. The van der Waals surface area contributed by atoms with Crippen molar-refractivity contribution in [2.75, 3.05) is 13.1 Å². The first-order chi connectivity index (χ1) is 5.43. The molecule has 62 valence electrons. The van der Waals surface area contributed by atoms with Crippen LogP contribution in [0.2, 0.25) is 0 Å². The number of nitrogens with one attached hydrogen (secondary N) is 2. The largest absolute Gasteiger partial charge is 0.348 e. The highest BCUT2D eigenvalue weighted by Gasteiger charge is 1.91. The molecule has 0 saturated heterocycles. The third-order valence-electron chi connectivity index (χ3n) is 1.55. The van der Waals surface area contributed by atoms with Gasteiger partial charge in [-0.15, -0.1) is 0 Å². The maximum Gasteiger partial charge on any atom is 0.0921 e. The van der Waals surface area contributed by atoms with E-state index in [1.54, 1.807) is 6.33 Å². The minimum absolute atomic E-state index is 1.04. The molecule has 11 heavy (non-hydrogen) atoms. The summed E-state index contributed by atoms with van der Waals surface area (Å²) in [5, 5.41) is 3.33. The van der Waals surface area contributed by atoms with Gasteiger partial charge in [0, 0.05) is 24.9 Å². The van der Waals surface area contributed by atoms with Crippen LogP contribution in [0.25, 0.3) is 0 Å². The molecular formula is C8H15N3. The lowest BCUT2D eigenvalue weighted by atomic mass is 10.3. The normalized spacial score (nSPS) is 10.3. The fraction of sp³-hybridized carbons (Fsp3) is 0.625. The monoisotopic (exact) mass is 153 g/mol. The maximum absolute atomic E-state index is 3.94. The molecule has 0 spiro atoms. The second-order valence-electron chi connectivity index (χ2n) is 2.58. The van der Waals surface area contributed by atoms with Gasteiger partial charge in [-0.3, -0.25) is 0 Å². The van der Waals surface area contributed by atoms with Crippen molar-refractivity contribution in [3.05, 3.63) is 18.2 Å². The van der Waals surface area contributed by atoms with Crippen molar-refractivity contribution in [3.63, 3.8) is 0 Å². The van der Waals surface area contributed by atoms with Crippen LogP contribution in [0.1, 0.15) is 19.0 Å². The molecule has 2 N–H and O–H groups in total. The quantitative estimate of drug-likeness (QED) is 0.618. The number of aromatic nitrogens is 2. The van der Waals surface area contributed by atoms with E-state index in [4.69, 9.17) is 0 Å².